The van der Waals surface area contributed by atoms with Crippen LogP contribution in [0, 0.1) is 6.92 Å². The van der Waals surface area contributed by atoms with Gasteiger partial charge in [0, 0.05) is 17.6 Å². The lowest BCUT2D eigenvalue weighted by molar-refractivity contribution is 0.0386. The van der Waals surface area contributed by atoms with E-state index in [1.807, 2.05) is 31.2 Å². The first-order valence-corrected chi connectivity index (χ1v) is 7.94. The topological polar surface area (TPSA) is 62.4 Å². The van der Waals surface area contributed by atoms with E-state index in [2.05, 4.69) is 22.0 Å². The van der Waals surface area contributed by atoms with Crippen molar-refractivity contribution in [2.75, 3.05) is 6.61 Å². The first-order valence-electron chi connectivity index (χ1n) is 7.94. The molecule has 1 aliphatic rings. The molecule has 2 aromatic rings. The molecule has 5 heteroatoms. The molecule has 2 atom stereocenters. The summed E-state index contributed by atoms with van der Waals surface area (Å²) >= 11 is 0. The average Bonchev–Trinajstić information content (AvgIpc) is 2.98. The lowest BCUT2D eigenvalue weighted by Gasteiger charge is -2.38. The molecule has 1 aliphatic heterocycles. The molecule has 2 unspecified atom stereocenters. The second kappa shape index (κ2) is 6.58. The van der Waals surface area contributed by atoms with Gasteiger partial charge in [-0.05, 0) is 38.3 Å². The molecule has 5 nitrogen and oxygen atoms in total. The van der Waals surface area contributed by atoms with E-state index in [1.165, 1.54) is 6.42 Å². The van der Waals surface area contributed by atoms with Crippen LogP contribution >= 0.6 is 0 Å². The van der Waals surface area contributed by atoms with Crippen LogP contribution in [0.1, 0.15) is 37.6 Å². The number of aromatic nitrogens is 2. The van der Waals surface area contributed by atoms with Crippen LogP contribution in [-0.2, 0) is 6.54 Å². The van der Waals surface area contributed by atoms with E-state index in [-0.39, 0.29) is 12.6 Å². The summed E-state index contributed by atoms with van der Waals surface area (Å²) in [5.41, 5.74) is 2.10. The Morgan fingerprint density at radius 3 is 2.86 bits per heavy atom. The summed E-state index contributed by atoms with van der Waals surface area (Å²) in [6, 6.07) is 8.62. The maximum atomic E-state index is 9.57. The Kier molecular flexibility index (Phi) is 4.55. The Labute approximate surface area is 131 Å². The highest BCUT2D eigenvalue weighted by molar-refractivity contribution is 5.57. The van der Waals surface area contributed by atoms with Crippen molar-refractivity contribution in [1.82, 2.24) is 15.1 Å². The molecule has 1 N–H and O–H groups in total. The molecule has 22 heavy (non-hydrogen) atoms. The molecule has 118 valence electrons. The van der Waals surface area contributed by atoms with Crippen LogP contribution in [0.4, 0.5) is 0 Å². The fourth-order valence-corrected chi connectivity index (χ4v) is 3.22. The number of benzene rings is 1. The highest BCUT2D eigenvalue weighted by atomic mass is 16.4. The molecule has 1 fully saturated rings. The first-order chi connectivity index (χ1) is 10.7. The molecule has 1 aromatic carbocycles. The van der Waals surface area contributed by atoms with Crippen LogP contribution in [0.15, 0.2) is 28.7 Å². The van der Waals surface area contributed by atoms with Crippen molar-refractivity contribution in [2.45, 2.75) is 51.7 Å². The van der Waals surface area contributed by atoms with E-state index in [1.54, 1.807) is 0 Å². The molecular weight excluding hydrogens is 278 g/mol. The third-order valence-electron chi connectivity index (χ3n) is 4.57. The minimum Gasteiger partial charge on any atom is -0.419 e. The number of piperidine rings is 1. The van der Waals surface area contributed by atoms with Crippen LogP contribution < -0.4 is 0 Å². The van der Waals surface area contributed by atoms with Gasteiger partial charge in [-0.2, -0.15) is 0 Å². The van der Waals surface area contributed by atoms with Gasteiger partial charge in [0.25, 0.3) is 0 Å². The van der Waals surface area contributed by atoms with Gasteiger partial charge in [-0.15, -0.1) is 10.2 Å². The Hall–Kier alpha value is -1.72. The van der Waals surface area contributed by atoms with Crippen molar-refractivity contribution < 1.29 is 9.52 Å². The standard InChI is InChI=1S/C17H23N3O2/c1-12-6-3-4-9-15(12)17-19-18-16(22-17)10-20-13(2)7-5-8-14(20)11-21/h3-4,6,9,13-14,21H,5,7-8,10-11H2,1-2H3. The summed E-state index contributed by atoms with van der Waals surface area (Å²) in [4.78, 5) is 2.28. The third-order valence-corrected chi connectivity index (χ3v) is 4.57. The Bertz CT molecular complexity index is 626. The summed E-state index contributed by atoms with van der Waals surface area (Å²) in [5, 5.41) is 17.9. The molecular formula is C17H23N3O2. The summed E-state index contributed by atoms with van der Waals surface area (Å²) in [6.45, 7) is 5.02. The van der Waals surface area contributed by atoms with Crippen molar-refractivity contribution in [3.63, 3.8) is 0 Å². The minimum atomic E-state index is 0.184. The number of likely N-dealkylation sites (tertiary alicyclic amines) is 1. The zero-order valence-electron chi connectivity index (χ0n) is 13.2. The van der Waals surface area contributed by atoms with Crippen LogP contribution in [0.3, 0.4) is 0 Å². The predicted molar refractivity (Wildman–Crippen MR) is 84.2 cm³/mol. The highest BCUT2D eigenvalue weighted by Gasteiger charge is 2.28. The van der Waals surface area contributed by atoms with E-state index in [0.717, 1.165) is 24.0 Å². The number of hydrogen-bond acceptors (Lipinski definition) is 5. The predicted octanol–water partition coefficient (Wildman–Crippen LogP) is 2.78. The molecule has 0 spiro atoms. The quantitative estimate of drug-likeness (QED) is 0.941. The largest absolute Gasteiger partial charge is 0.419 e. The molecule has 1 aromatic heterocycles. The minimum absolute atomic E-state index is 0.184. The SMILES string of the molecule is Cc1ccccc1-c1nnc(CN2C(C)CCCC2CO)o1. The van der Waals surface area contributed by atoms with E-state index in [4.69, 9.17) is 4.42 Å². The van der Waals surface area contributed by atoms with Crippen LogP contribution in [0.2, 0.25) is 0 Å². The molecule has 0 radical (unpaired) electrons. The van der Waals surface area contributed by atoms with Crippen LogP contribution in [0.5, 0.6) is 0 Å². The van der Waals surface area contributed by atoms with Crippen molar-refractivity contribution in [3.05, 3.63) is 35.7 Å². The maximum Gasteiger partial charge on any atom is 0.248 e. The zero-order valence-corrected chi connectivity index (χ0v) is 13.2. The van der Waals surface area contributed by atoms with Gasteiger partial charge in [0.15, 0.2) is 0 Å². The van der Waals surface area contributed by atoms with E-state index < -0.39 is 0 Å². The maximum absolute atomic E-state index is 9.57. The first kappa shape index (κ1) is 15.2. The van der Waals surface area contributed by atoms with E-state index >= 15 is 0 Å². The highest BCUT2D eigenvalue weighted by Crippen LogP contribution is 2.26. The van der Waals surface area contributed by atoms with E-state index in [9.17, 15) is 5.11 Å². The Morgan fingerprint density at radius 2 is 2.09 bits per heavy atom. The monoisotopic (exact) mass is 301 g/mol. The Morgan fingerprint density at radius 1 is 1.27 bits per heavy atom. The second-order valence-corrected chi connectivity index (χ2v) is 6.10. The van der Waals surface area contributed by atoms with Gasteiger partial charge in [0.05, 0.1) is 13.2 Å². The van der Waals surface area contributed by atoms with Gasteiger partial charge in [0.2, 0.25) is 11.8 Å². The molecule has 0 amide bonds. The number of aryl methyl sites for hydroxylation is 1. The number of hydrogen-bond donors (Lipinski definition) is 1. The van der Waals surface area contributed by atoms with Crippen molar-refractivity contribution in [3.8, 4) is 11.5 Å². The van der Waals surface area contributed by atoms with Crippen molar-refractivity contribution >= 4 is 0 Å². The van der Waals surface area contributed by atoms with Gasteiger partial charge < -0.3 is 9.52 Å². The Balaban J connectivity index is 1.78. The van der Waals surface area contributed by atoms with E-state index in [0.29, 0.717) is 24.4 Å². The second-order valence-electron chi connectivity index (χ2n) is 6.10. The molecule has 1 saturated heterocycles. The molecule has 0 bridgehead atoms. The van der Waals surface area contributed by atoms with Crippen molar-refractivity contribution in [2.24, 2.45) is 0 Å². The van der Waals surface area contributed by atoms with Gasteiger partial charge in [-0.25, -0.2) is 0 Å². The fourth-order valence-electron chi connectivity index (χ4n) is 3.22. The molecule has 3 rings (SSSR count). The smallest absolute Gasteiger partial charge is 0.248 e. The summed E-state index contributed by atoms with van der Waals surface area (Å²) in [6.07, 6.45) is 3.34. The van der Waals surface area contributed by atoms with Gasteiger partial charge in [0.1, 0.15) is 0 Å². The summed E-state index contributed by atoms with van der Waals surface area (Å²) in [5.74, 6) is 1.18. The summed E-state index contributed by atoms with van der Waals surface area (Å²) < 4.78 is 5.85. The van der Waals surface area contributed by atoms with Gasteiger partial charge >= 0.3 is 0 Å². The lowest BCUT2D eigenvalue weighted by atomic mass is 9.97. The number of aliphatic hydroxyl groups is 1. The van der Waals surface area contributed by atoms with Crippen LogP contribution in [0.25, 0.3) is 11.5 Å². The number of rotatable bonds is 4. The molecule has 0 saturated carbocycles. The third kappa shape index (κ3) is 3.05. The number of nitrogens with zero attached hydrogens (tertiary/aromatic N) is 3. The molecule has 0 aliphatic carbocycles. The van der Waals surface area contributed by atoms with Gasteiger partial charge in [-0.3, -0.25) is 4.90 Å². The van der Waals surface area contributed by atoms with Gasteiger partial charge in [-0.1, -0.05) is 24.6 Å². The summed E-state index contributed by atoms with van der Waals surface area (Å²) in [7, 11) is 0. The fraction of sp³-hybridized carbons (Fsp3) is 0.529. The lowest BCUT2D eigenvalue weighted by Crippen LogP contribution is -2.46. The average molecular weight is 301 g/mol. The zero-order chi connectivity index (χ0) is 15.5. The number of aliphatic hydroxyl groups excluding tert-OH is 1. The molecule has 2 heterocycles. The van der Waals surface area contributed by atoms with Crippen LogP contribution in [-0.4, -0.2) is 38.9 Å². The van der Waals surface area contributed by atoms with Crippen molar-refractivity contribution in [1.29, 1.82) is 0 Å². The normalized spacial score (nSPS) is 22.9.